The molecule has 0 saturated carbocycles. The molecule has 0 radical (unpaired) electrons. The highest BCUT2D eigenvalue weighted by atomic mass is 19.4. The van der Waals surface area contributed by atoms with Crippen molar-refractivity contribution in [3.05, 3.63) is 99.5 Å². The first-order chi connectivity index (χ1) is 17.5. The zero-order valence-corrected chi connectivity index (χ0v) is 21.2. The SMILES string of the molecule is CCOC(=O)C1=C(C)N(c2ccc(C)cc2)C(=O)/C1=C\c1cc(C)n(-c2ccccc2C(F)(F)F)c1C. The van der Waals surface area contributed by atoms with Crippen LogP contribution in [-0.4, -0.2) is 23.1 Å². The number of amides is 1. The van der Waals surface area contributed by atoms with E-state index < -0.39 is 23.6 Å². The molecule has 2 aromatic carbocycles. The lowest BCUT2D eigenvalue weighted by Gasteiger charge is -2.18. The van der Waals surface area contributed by atoms with Gasteiger partial charge in [0, 0.05) is 22.8 Å². The molecule has 4 rings (SSSR count). The van der Waals surface area contributed by atoms with Gasteiger partial charge in [0.15, 0.2) is 0 Å². The van der Waals surface area contributed by atoms with Crippen LogP contribution in [0.4, 0.5) is 18.9 Å². The summed E-state index contributed by atoms with van der Waals surface area (Å²) >= 11 is 0. The van der Waals surface area contributed by atoms with E-state index in [2.05, 4.69) is 0 Å². The molecule has 0 bridgehead atoms. The Morgan fingerprint density at radius 1 is 1.00 bits per heavy atom. The molecular formula is C29H27F3N2O3. The summed E-state index contributed by atoms with van der Waals surface area (Å²) < 4.78 is 48.0. The van der Waals surface area contributed by atoms with Crippen LogP contribution in [0.1, 0.15) is 41.9 Å². The Balaban J connectivity index is 1.87. The van der Waals surface area contributed by atoms with Crippen molar-refractivity contribution >= 4 is 23.6 Å². The number of ether oxygens (including phenoxy) is 1. The number of alkyl halides is 3. The zero-order valence-electron chi connectivity index (χ0n) is 21.2. The van der Waals surface area contributed by atoms with Crippen LogP contribution in [0.2, 0.25) is 0 Å². The lowest BCUT2D eigenvalue weighted by atomic mass is 10.0. The average Bonchev–Trinajstić information content (AvgIpc) is 3.25. The molecule has 192 valence electrons. The number of para-hydroxylation sites is 1. The number of hydrogen-bond donors (Lipinski definition) is 0. The summed E-state index contributed by atoms with van der Waals surface area (Å²) in [5.41, 5.74) is 3.12. The van der Waals surface area contributed by atoms with E-state index in [-0.39, 0.29) is 23.4 Å². The number of esters is 1. The van der Waals surface area contributed by atoms with Gasteiger partial charge in [0.1, 0.15) is 0 Å². The van der Waals surface area contributed by atoms with Crippen LogP contribution in [0.3, 0.4) is 0 Å². The fourth-order valence-corrected chi connectivity index (χ4v) is 4.65. The quantitative estimate of drug-likeness (QED) is 0.285. The van der Waals surface area contributed by atoms with Gasteiger partial charge in [0.2, 0.25) is 0 Å². The molecule has 5 nitrogen and oxygen atoms in total. The zero-order chi connectivity index (χ0) is 27.1. The first-order valence-corrected chi connectivity index (χ1v) is 11.8. The second kappa shape index (κ2) is 9.76. The Bertz CT molecular complexity index is 1440. The summed E-state index contributed by atoms with van der Waals surface area (Å²) in [6.45, 7) is 8.80. The molecule has 0 aliphatic carbocycles. The minimum atomic E-state index is -4.54. The molecule has 0 fully saturated rings. The molecule has 0 N–H and O–H groups in total. The highest BCUT2D eigenvalue weighted by molar-refractivity contribution is 6.23. The molecule has 0 spiro atoms. The number of aryl methyl sites for hydroxylation is 2. The van der Waals surface area contributed by atoms with Crippen molar-refractivity contribution in [2.24, 2.45) is 0 Å². The van der Waals surface area contributed by atoms with Crippen molar-refractivity contribution in [3.63, 3.8) is 0 Å². The Hall–Kier alpha value is -4.07. The van der Waals surface area contributed by atoms with Crippen LogP contribution in [0.25, 0.3) is 11.8 Å². The Labute approximate surface area is 213 Å². The van der Waals surface area contributed by atoms with E-state index >= 15 is 0 Å². The number of hydrogen-bond acceptors (Lipinski definition) is 3. The smallest absolute Gasteiger partial charge is 0.418 e. The van der Waals surface area contributed by atoms with E-state index in [4.69, 9.17) is 4.74 Å². The van der Waals surface area contributed by atoms with E-state index in [9.17, 15) is 22.8 Å². The number of carbonyl (C=O) groups excluding carboxylic acids is 2. The fraction of sp³-hybridized carbons (Fsp3) is 0.241. The molecule has 1 aliphatic heterocycles. The Morgan fingerprint density at radius 2 is 1.65 bits per heavy atom. The summed E-state index contributed by atoms with van der Waals surface area (Å²) in [6, 6.07) is 14.4. The first-order valence-electron chi connectivity index (χ1n) is 11.8. The Kier molecular flexibility index (Phi) is 6.86. The summed E-state index contributed by atoms with van der Waals surface area (Å²) in [7, 11) is 0. The third-order valence-corrected chi connectivity index (χ3v) is 6.39. The number of carbonyl (C=O) groups is 2. The number of anilines is 1. The maximum absolute atomic E-state index is 13.7. The predicted molar refractivity (Wildman–Crippen MR) is 136 cm³/mol. The van der Waals surface area contributed by atoms with Gasteiger partial charge in [-0.05, 0) is 76.6 Å². The molecule has 0 atom stereocenters. The summed E-state index contributed by atoms with van der Waals surface area (Å²) in [5.74, 6) is -1.05. The normalized spacial score (nSPS) is 15.2. The van der Waals surface area contributed by atoms with Crippen LogP contribution in [-0.2, 0) is 20.5 Å². The van der Waals surface area contributed by atoms with Crippen LogP contribution in [0.15, 0.2) is 71.4 Å². The van der Waals surface area contributed by atoms with Gasteiger partial charge in [-0.25, -0.2) is 4.79 Å². The highest BCUT2D eigenvalue weighted by Gasteiger charge is 2.38. The lowest BCUT2D eigenvalue weighted by molar-refractivity contribution is -0.138. The molecule has 1 aromatic heterocycles. The van der Waals surface area contributed by atoms with Gasteiger partial charge in [-0.15, -0.1) is 0 Å². The van der Waals surface area contributed by atoms with Crippen LogP contribution in [0.5, 0.6) is 0 Å². The second-order valence-corrected chi connectivity index (χ2v) is 8.89. The predicted octanol–water partition coefficient (Wildman–Crippen LogP) is 6.69. The number of aromatic nitrogens is 1. The van der Waals surface area contributed by atoms with E-state index in [0.717, 1.165) is 11.6 Å². The molecule has 8 heteroatoms. The molecule has 3 aromatic rings. The number of allylic oxidation sites excluding steroid dienone is 1. The lowest BCUT2D eigenvalue weighted by Crippen LogP contribution is -2.24. The Morgan fingerprint density at radius 3 is 2.27 bits per heavy atom. The summed E-state index contributed by atoms with van der Waals surface area (Å²) in [5, 5.41) is 0. The van der Waals surface area contributed by atoms with E-state index in [1.807, 2.05) is 19.1 Å². The monoisotopic (exact) mass is 508 g/mol. The van der Waals surface area contributed by atoms with Crippen molar-refractivity contribution in [2.45, 2.75) is 40.8 Å². The maximum Gasteiger partial charge on any atom is 0.418 e. The van der Waals surface area contributed by atoms with Crippen molar-refractivity contribution in [1.29, 1.82) is 0 Å². The molecule has 2 heterocycles. The third kappa shape index (κ3) is 4.71. The molecule has 1 amide bonds. The fourth-order valence-electron chi connectivity index (χ4n) is 4.65. The van der Waals surface area contributed by atoms with Crippen molar-refractivity contribution in [1.82, 2.24) is 4.57 Å². The van der Waals surface area contributed by atoms with E-state index in [1.165, 1.54) is 21.6 Å². The second-order valence-electron chi connectivity index (χ2n) is 8.89. The van der Waals surface area contributed by atoms with Gasteiger partial charge in [0.05, 0.1) is 29.0 Å². The van der Waals surface area contributed by atoms with E-state index in [0.29, 0.717) is 28.3 Å². The van der Waals surface area contributed by atoms with Crippen LogP contribution < -0.4 is 4.90 Å². The summed E-state index contributed by atoms with van der Waals surface area (Å²) in [6.07, 6.45) is -2.98. The van der Waals surface area contributed by atoms with Crippen LogP contribution >= 0.6 is 0 Å². The van der Waals surface area contributed by atoms with Gasteiger partial charge in [0.25, 0.3) is 5.91 Å². The first kappa shape index (κ1) is 26.0. The van der Waals surface area contributed by atoms with Crippen molar-refractivity contribution < 1.29 is 27.5 Å². The third-order valence-electron chi connectivity index (χ3n) is 6.39. The van der Waals surface area contributed by atoms with Crippen LogP contribution in [0, 0.1) is 20.8 Å². The maximum atomic E-state index is 13.7. The van der Waals surface area contributed by atoms with E-state index in [1.54, 1.807) is 58.0 Å². The minimum Gasteiger partial charge on any atom is -0.462 e. The van der Waals surface area contributed by atoms with Gasteiger partial charge in [-0.3, -0.25) is 9.69 Å². The number of rotatable bonds is 5. The standard InChI is InChI=1S/C29H27F3N2O3/c1-6-37-28(36)26-20(5)34(22-13-11-17(2)12-14-22)27(35)23(26)16-21-15-18(3)33(19(21)4)25-10-8-7-9-24(25)29(30,31)32/h7-16H,6H2,1-5H3/b23-16-. The topological polar surface area (TPSA) is 51.5 Å². The van der Waals surface area contributed by atoms with Gasteiger partial charge < -0.3 is 9.30 Å². The van der Waals surface area contributed by atoms with Gasteiger partial charge in [-0.1, -0.05) is 29.8 Å². The summed E-state index contributed by atoms with van der Waals surface area (Å²) in [4.78, 5) is 28.0. The largest absolute Gasteiger partial charge is 0.462 e. The molecule has 0 unspecified atom stereocenters. The molecular weight excluding hydrogens is 481 g/mol. The van der Waals surface area contributed by atoms with Crippen molar-refractivity contribution in [2.75, 3.05) is 11.5 Å². The molecule has 37 heavy (non-hydrogen) atoms. The molecule has 1 aliphatic rings. The number of halogens is 3. The number of nitrogens with zero attached hydrogens (tertiary/aromatic N) is 2. The molecule has 0 saturated heterocycles. The van der Waals surface area contributed by atoms with Gasteiger partial charge >= 0.3 is 12.1 Å². The van der Waals surface area contributed by atoms with Crippen molar-refractivity contribution in [3.8, 4) is 5.69 Å². The number of benzene rings is 2. The minimum absolute atomic E-state index is 0.00832. The average molecular weight is 509 g/mol. The highest BCUT2D eigenvalue weighted by Crippen LogP contribution is 2.38. The van der Waals surface area contributed by atoms with Gasteiger partial charge in [-0.2, -0.15) is 13.2 Å².